The summed E-state index contributed by atoms with van der Waals surface area (Å²) in [5.41, 5.74) is 0. The van der Waals surface area contributed by atoms with Gasteiger partial charge in [0.15, 0.2) is 12.1 Å². The summed E-state index contributed by atoms with van der Waals surface area (Å²) in [6, 6.07) is 0. The molecule has 0 aromatic heterocycles. The lowest BCUT2D eigenvalue weighted by Gasteiger charge is -2.21. The van der Waals surface area contributed by atoms with Gasteiger partial charge in [0.1, 0.15) is 18.3 Å². The van der Waals surface area contributed by atoms with Crippen molar-refractivity contribution in [2.75, 3.05) is 0 Å². The lowest BCUT2D eigenvalue weighted by molar-refractivity contribution is -0.209. The van der Waals surface area contributed by atoms with Crippen LogP contribution in [0.25, 0.3) is 0 Å². The summed E-state index contributed by atoms with van der Waals surface area (Å²) in [7, 11) is 0. The van der Waals surface area contributed by atoms with E-state index >= 15 is 0 Å². The number of fused-ring (bicyclic) bond motifs is 1. The predicted molar refractivity (Wildman–Crippen MR) is 46.5 cm³/mol. The van der Waals surface area contributed by atoms with Gasteiger partial charge in [-0.1, -0.05) is 0 Å². The highest BCUT2D eigenvalue weighted by Crippen LogP contribution is 2.37. The molecule has 0 aromatic carbocycles. The summed E-state index contributed by atoms with van der Waals surface area (Å²) in [6.07, 6.45) is -0.188. The van der Waals surface area contributed by atoms with E-state index in [0.29, 0.717) is 0 Å². The monoisotopic (exact) mass is 202 g/mol. The van der Waals surface area contributed by atoms with Crippen LogP contribution in [0.2, 0.25) is 0 Å². The minimum atomic E-state index is -0.801. The van der Waals surface area contributed by atoms with Crippen molar-refractivity contribution < 1.29 is 24.4 Å². The van der Waals surface area contributed by atoms with Crippen LogP contribution < -0.4 is 0 Å². The summed E-state index contributed by atoms with van der Waals surface area (Å²) in [5.74, 6) is -0.718. The Morgan fingerprint density at radius 1 is 1.29 bits per heavy atom. The van der Waals surface area contributed by atoms with Crippen molar-refractivity contribution in [3.8, 4) is 0 Å². The van der Waals surface area contributed by atoms with Gasteiger partial charge in [-0.15, -0.1) is 0 Å². The molecule has 0 spiro atoms. The van der Waals surface area contributed by atoms with Crippen LogP contribution >= 0.6 is 0 Å². The quantitative estimate of drug-likeness (QED) is 0.598. The predicted octanol–water partition coefficient (Wildman–Crippen LogP) is 0.295. The van der Waals surface area contributed by atoms with Crippen LogP contribution in [0.15, 0.2) is 12.3 Å². The second-order valence-corrected chi connectivity index (χ2v) is 3.90. The van der Waals surface area contributed by atoms with Gasteiger partial charge in [0.25, 0.3) is 0 Å². The van der Waals surface area contributed by atoms with Gasteiger partial charge >= 0.3 is 0 Å². The number of hydrogen-bond acceptors (Lipinski definition) is 5. The van der Waals surface area contributed by atoms with E-state index in [9.17, 15) is 5.11 Å². The number of aliphatic hydroxyl groups is 2. The highest BCUT2D eigenvalue weighted by atomic mass is 16.8. The van der Waals surface area contributed by atoms with Gasteiger partial charge in [0, 0.05) is 0 Å². The molecule has 0 unspecified atom stereocenters. The first-order valence-corrected chi connectivity index (χ1v) is 4.53. The van der Waals surface area contributed by atoms with Crippen LogP contribution in [0.3, 0.4) is 0 Å². The fraction of sp³-hybridized carbons (Fsp3) is 0.778. The van der Waals surface area contributed by atoms with Gasteiger partial charge in [-0.3, -0.25) is 0 Å². The van der Waals surface area contributed by atoms with Gasteiger partial charge in [-0.05, 0) is 19.9 Å². The summed E-state index contributed by atoms with van der Waals surface area (Å²) in [5, 5.41) is 18.3. The summed E-state index contributed by atoms with van der Waals surface area (Å²) in [6.45, 7) is 3.52. The van der Waals surface area contributed by atoms with E-state index in [1.54, 1.807) is 13.8 Å². The Morgan fingerprint density at radius 3 is 2.57 bits per heavy atom. The molecule has 0 aliphatic carbocycles. The molecule has 2 aliphatic heterocycles. The Kier molecular flexibility index (Phi) is 2.27. The average Bonchev–Trinajstić information content (AvgIpc) is 2.50. The highest BCUT2D eigenvalue weighted by molar-refractivity contribution is 5.00. The molecule has 2 saturated heterocycles. The maximum Gasteiger partial charge on any atom is 0.190 e. The third-order valence-corrected chi connectivity index (χ3v) is 2.33. The molecule has 2 rings (SSSR count). The van der Waals surface area contributed by atoms with E-state index in [2.05, 4.69) is 0 Å². The molecule has 5 heteroatoms. The zero-order valence-electron chi connectivity index (χ0n) is 8.08. The molecule has 0 radical (unpaired) electrons. The van der Waals surface area contributed by atoms with Crippen molar-refractivity contribution in [2.24, 2.45) is 0 Å². The van der Waals surface area contributed by atoms with Gasteiger partial charge in [0.05, 0.1) is 6.26 Å². The highest BCUT2D eigenvalue weighted by Gasteiger charge is 2.53. The average molecular weight is 202 g/mol. The Bertz CT molecular complexity index is 250. The Hall–Kier alpha value is -0.620. The molecule has 2 N–H and O–H groups in total. The second kappa shape index (κ2) is 3.20. The molecule has 4 atom stereocenters. The smallest absolute Gasteiger partial charge is 0.190 e. The molecule has 0 aromatic rings. The van der Waals surface area contributed by atoms with E-state index in [4.69, 9.17) is 19.3 Å². The third-order valence-electron chi connectivity index (χ3n) is 2.33. The van der Waals surface area contributed by atoms with Crippen molar-refractivity contribution >= 4 is 0 Å². The maximum absolute atomic E-state index is 9.73. The zero-order chi connectivity index (χ0) is 10.3. The lowest BCUT2D eigenvalue weighted by atomic mass is 10.1. The number of aliphatic hydroxyl groups excluding tert-OH is 2. The first-order chi connectivity index (χ1) is 6.53. The van der Waals surface area contributed by atoms with Crippen molar-refractivity contribution in [3.63, 3.8) is 0 Å². The molecular formula is C9H14O5. The molecule has 0 saturated carbocycles. The van der Waals surface area contributed by atoms with Crippen LogP contribution in [0.4, 0.5) is 0 Å². The number of hydrogen-bond donors (Lipinski definition) is 2. The van der Waals surface area contributed by atoms with Gasteiger partial charge < -0.3 is 24.4 Å². The van der Waals surface area contributed by atoms with Crippen molar-refractivity contribution in [1.82, 2.24) is 0 Å². The molecule has 2 aliphatic rings. The number of ether oxygens (including phenoxy) is 3. The molecule has 14 heavy (non-hydrogen) atoms. The largest absolute Gasteiger partial charge is 0.516 e. The van der Waals surface area contributed by atoms with E-state index in [0.717, 1.165) is 6.26 Å². The molecule has 2 heterocycles. The molecule has 80 valence electrons. The number of rotatable bonds is 1. The molecule has 2 fully saturated rings. The van der Waals surface area contributed by atoms with Crippen molar-refractivity contribution in [3.05, 3.63) is 12.3 Å². The first-order valence-electron chi connectivity index (χ1n) is 4.53. The summed E-state index contributed by atoms with van der Waals surface area (Å²) in [4.78, 5) is 0. The van der Waals surface area contributed by atoms with Gasteiger partial charge in [-0.2, -0.15) is 0 Å². The lowest BCUT2D eigenvalue weighted by Crippen LogP contribution is -2.33. The molecule has 5 nitrogen and oxygen atoms in total. The fourth-order valence-electron chi connectivity index (χ4n) is 1.76. The third kappa shape index (κ3) is 1.52. The van der Waals surface area contributed by atoms with Crippen LogP contribution in [-0.4, -0.2) is 40.6 Å². The minimum absolute atomic E-state index is 0.480. The summed E-state index contributed by atoms with van der Waals surface area (Å²) >= 11 is 0. The normalized spacial score (nSPS) is 45.9. The van der Waals surface area contributed by atoms with Crippen molar-refractivity contribution in [2.45, 2.75) is 44.2 Å². The van der Waals surface area contributed by atoms with Crippen LogP contribution in [0.5, 0.6) is 0 Å². The summed E-state index contributed by atoms with van der Waals surface area (Å²) < 4.78 is 16.2. The first kappa shape index (κ1) is 9.92. The molecule has 0 amide bonds. The Labute approximate surface area is 81.9 Å². The van der Waals surface area contributed by atoms with Gasteiger partial charge in [0.2, 0.25) is 0 Å². The Balaban J connectivity index is 2.07. The topological polar surface area (TPSA) is 68.2 Å². The van der Waals surface area contributed by atoms with E-state index in [1.165, 1.54) is 6.08 Å². The van der Waals surface area contributed by atoms with E-state index in [1.807, 2.05) is 0 Å². The Morgan fingerprint density at radius 2 is 2.00 bits per heavy atom. The SMILES string of the molecule is CC1(C)O[C@H]2O[C@H](/C=C/O)[C@H](O)[C@H]2O1. The maximum atomic E-state index is 9.73. The zero-order valence-corrected chi connectivity index (χ0v) is 8.08. The minimum Gasteiger partial charge on any atom is -0.516 e. The van der Waals surface area contributed by atoms with E-state index in [-0.39, 0.29) is 0 Å². The second-order valence-electron chi connectivity index (χ2n) is 3.90. The standard InChI is InChI=1S/C9H14O5/c1-9(2)13-7-6(11)5(3-4-10)12-8(7)14-9/h3-8,10-11H,1-2H3/b4-3+/t5-,6+,7-,8-/m1/s1. The van der Waals surface area contributed by atoms with Crippen LogP contribution in [-0.2, 0) is 14.2 Å². The molecule has 0 bridgehead atoms. The van der Waals surface area contributed by atoms with Gasteiger partial charge in [-0.25, -0.2) is 0 Å². The van der Waals surface area contributed by atoms with Crippen LogP contribution in [0.1, 0.15) is 13.8 Å². The van der Waals surface area contributed by atoms with Crippen LogP contribution in [0, 0.1) is 0 Å². The van der Waals surface area contributed by atoms with Crippen molar-refractivity contribution in [1.29, 1.82) is 0 Å². The fourth-order valence-corrected chi connectivity index (χ4v) is 1.76. The molecular weight excluding hydrogens is 188 g/mol. The van der Waals surface area contributed by atoms with E-state index < -0.39 is 30.4 Å².